The minimum atomic E-state index is -1.22. The zero-order chi connectivity index (χ0) is 13.4. The van der Waals surface area contributed by atoms with Gasteiger partial charge < -0.3 is 4.57 Å². The van der Waals surface area contributed by atoms with E-state index >= 15 is 0 Å². The summed E-state index contributed by atoms with van der Waals surface area (Å²) in [5, 5.41) is 0. The first-order valence-corrected chi connectivity index (χ1v) is 10.8. The maximum atomic E-state index is 2.88. The van der Waals surface area contributed by atoms with E-state index in [0.29, 0.717) is 0 Å². The van der Waals surface area contributed by atoms with Crippen LogP contribution >= 0.6 is 0 Å². The summed E-state index contributed by atoms with van der Waals surface area (Å²) >= 11 is 0. The molecule has 2 heteroatoms. The van der Waals surface area contributed by atoms with Crippen LogP contribution in [0.3, 0.4) is 0 Å². The first kappa shape index (κ1) is 15.8. The lowest BCUT2D eigenvalue weighted by atomic mass is 9.96. The average molecular weight is 268 g/mol. The maximum absolute atomic E-state index is 2.88. The number of hydrogen-bond donors (Lipinski definition) is 0. The summed E-state index contributed by atoms with van der Waals surface area (Å²) in [5.74, 6) is 0. The first-order chi connectivity index (χ1) is 8.74. The van der Waals surface area contributed by atoms with Crippen molar-refractivity contribution in [3.8, 4) is 0 Å². The van der Waals surface area contributed by atoms with Crippen LogP contribution in [0.5, 0.6) is 0 Å². The second kappa shape index (κ2) is 8.03. The third-order valence-corrected chi connectivity index (χ3v) is 10.6. The van der Waals surface area contributed by atoms with Gasteiger partial charge in [0.05, 0.1) is 0 Å². The van der Waals surface area contributed by atoms with Gasteiger partial charge in [0.25, 0.3) is 0 Å². The van der Waals surface area contributed by atoms with Crippen molar-refractivity contribution in [3.63, 3.8) is 0 Å². The molecule has 0 aromatic rings. The Morgan fingerprint density at radius 2 is 1.50 bits per heavy atom. The molecule has 0 heterocycles. The predicted octanol–water partition coefficient (Wildman–Crippen LogP) is 5.55. The Labute approximate surface area is 116 Å². The van der Waals surface area contributed by atoms with Gasteiger partial charge in [0, 0.05) is 6.04 Å². The summed E-state index contributed by atoms with van der Waals surface area (Å²) in [4.78, 5) is 0. The maximum Gasteiger partial charge on any atom is 0.155 e. The molecule has 1 fully saturated rings. The fourth-order valence-corrected chi connectivity index (χ4v) is 7.59. The Morgan fingerprint density at radius 3 is 1.94 bits per heavy atom. The fourth-order valence-electron chi connectivity index (χ4n) is 3.54. The SMILES string of the molecule is CCC=CN(C1CCCCC1)[Si](CC)(CC)CC. The second-order valence-electron chi connectivity index (χ2n) is 5.78. The smallest absolute Gasteiger partial charge is 0.155 e. The second-order valence-corrected chi connectivity index (χ2v) is 10.9. The van der Waals surface area contributed by atoms with Crippen LogP contribution in [-0.2, 0) is 0 Å². The van der Waals surface area contributed by atoms with Crippen molar-refractivity contribution in [3.05, 3.63) is 12.3 Å². The third kappa shape index (κ3) is 3.63. The van der Waals surface area contributed by atoms with Gasteiger partial charge in [-0.2, -0.15) is 0 Å². The van der Waals surface area contributed by atoms with Gasteiger partial charge in [-0.3, -0.25) is 0 Å². The summed E-state index contributed by atoms with van der Waals surface area (Å²) in [5.41, 5.74) is 0. The highest BCUT2D eigenvalue weighted by atomic mass is 28.3. The van der Waals surface area contributed by atoms with Crippen molar-refractivity contribution in [1.29, 1.82) is 0 Å². The molecular weight excluding hydrogens is 234 g/mol. The van der Waals surface area contributed by atoms with Gasteiger partial charge in [0.2, 0.25) is 0 Å². The van der Waals surface area contributed by atoms with Crippen LogP contribution in [0, 0.1) is 0 Å². The van der Waals surface area contributed by atoms with Crippen LogP contribution in [0.2, 0.25) is 18.1 Å². The fraction of sp³-hybridized carbons (Fsp3) is 0.875. The van der Waals surface area contributed by atoms with E-state index in [-0.39, 0.29) is 0 Å². The van der Waals surface area contributed by atoms with Crippen LogP contribution in [0.1, 0.15) is 66.2 Å². The van der Waals surface area contributed by atoms with Gasteiger partial charge in [-0.25, -0.2) is 0 Å². The van der Waals surface area contributed by atoms with Gasteiger partial charge in [0.1, 0.15) is 0 Å². The normalized spacial score (nSPS) is 18.4. The number of nitrogens with zero attached hydrogens (tertiary/aromatic N) is 1. The molecule has 106 valence electrons. The van der Waals surface area contributed by atoms with Gasteiger partial charge in [-0.15, -0.1) is 0 Å². The van der Waals surface area contributed by atoms with Crippen LogP contribution in [0.4, 0.5) is 0 Å². The van der Waals surface area contributed by atoms with Crippen molar-refractivity contribution in [2.45, 2.75) is 90.4 Å². The van der Waals surface area contributed by atoms with E-state index in [1.54, 1.807) is 0 Å². The van der Waals surface area contributed by atoms with Crippen molar-refractivity contribution in [2.24, 2.45) is 0 Å². The largest absolute Gasteiger partial charge is 0.400 e. The Morgan fingerprint density at radius 1 is 0.944 bits per heavy atom. The Kier molecular flexibility index (Phi) is 7.06. The number of rotatable bonds is 7. The lowest BCUT2D eigenvalue weighted by Gasteiger charge is -2.47. The van der Waals surface area contributed by atoms with Crippen molar-refractivity contribution < 1.29 is 0 Å². The highest BCUT2D eigenvalue weighted by molar-refractivity contribution is 6.77. The summed E-state index contributed by atoms with van der Waals surface area (Å²) in [6, 6.07) is 5.08. The van der Waals surface area contributed by atoms with Gasteiger partial charge >= 0.3 is 0 Å². The zero-order valence-electron chi connectivity index (χ0n) is 13.0. The van der Waals surface area contributed by atoms with Crippen molar-refractivity contribution >= 4 is 8.24 Å². The molecule has 0 amide bonds. The monoisotopic (exact) mass is 267 g/mol. The molecule has 1 nitrogen and oxygen atoms in total. The first-order valence-electron chi connectivity index (χ1n) is 8.19. The number of hydrogen-bond acceptors (Lipinski definition) is 1. The molecular formula is C16H33NSi. The molecule has 0 aromatic heterocycles. The number of allylic oxidation sites excluding steroid dienone is 1. The van der Waals surface area contributed by atoms with E-state index in [1.165, 1.54) is 56.7 Å². The molecule has 1 saturated carbocycles. The van der Waals surface area contributed by atoms with Crippen molar-refractivity contribution in [2.75, 3.05) is 0 Å². The minimum Gasteiger partial charge on any atom is -0.400 e. The Balaban J connectivity index is 2.90. The quantitative estimate of drug-likeness (QED) is 0.547. The average Bonchev–Trinajstić information content (AvgIpc) is 2.45. The summed E-state index contributed by atoms with van der Waals surface area (Å²) in [6.07, 6.45) is 13.3. The topological polar surface area (TPSA) is 3.24 Å². The summed E-state index contributed by atoms with van der Waals surface area (Å²) < 4.78 is 2.88. The van der Waals surface area contributed by atoms with Crippen LogP contribution in [-0.4, -0.2) is 18.8 Å². The Hall–Kier alpha value is -0.243. The summed E-state index contributed by atoms with van der Waals surface area (Å²) in [7, 11) is -1.22. The lowest BCUT2D eigenvalue weighted by molar-refractivity contribution is 0.297. The molecule has 0 bridgehead atoms. The van der Waals surface area contributed by atoms with E-state index in [1.807, 2.05) is 0 Å². The van der Waals surface area contributed by atoms with E-state index < -0.39 is 8.24 Å². The van der Waals surface area contributed by atoms with Gasteiger partial charge in [-0.05, 0) is 43.6 Å². The molecule has 1 aliphatic carbocycles. The molecule has 0 atom stereocenters. The molecule has 0 saturated heterocycles. The van der Waals surface area contributed by atoms with Crippen LogP contribution < -0.4 is 0 Å². The molecule has 0 spiro atoms. The third-order valence-electron chi connectivity index (χ3n) is 4.99. The van der Waals surface area contributed by atoms with E-state index in [0.717, 1.165) is 6.04 Å². The minimum absolute atomic E-state index is 0.855. The molecule has 1 aliphatic rings. The highest BCUT2D eigenvalue weighted by Gasteiger charge is 2.37. The van der Waals surface area contributed by atoms with E-state index in [2.05, 4.69) is 44.5 Å². The zero-order valence-corrected chi connectivity index (χ0v) is 14.0. The van der Waals surface area contributed by atoms with Crippen LogP contribution in [0.25, 0.3) is 0 Å². The molecule has 1 rings (SSSR count). The highest BCUT2D eigenvalue weighted by Crippen LogP contribution is 2.33. The molecule has 0 aromatic carbocycles. The lowest BCUT2D eigenvalue weighted by Crippen LogP contribution is -2.54. The van der Waals surface area contributed by atoms with Crippen molar-refractivity contribution in [1.82, 2.24) is 4.57 Å². The molecule has 0 N–H and O–H groups in total. The predicted molar refractivity (Wildman–Crippen MR) is 85.3 cm³/mol. The summed E-state index contributed by atoms with van der Waals surface area (Å²) in [6.45, 7) is 9.53. The molecule has 0 unspecified atom stereocenters. The Bertz CT molecular complexity index is 231. The van der Waals surface area contributed by atoms with Gasteiger partial charge in [-0.1, -0.05) is 53.0 Å². The molecule has 18 heavy (non-hydrogen) atoms. The van der Waals surface area contributed by atoms with E-state index in [4.69, 9.17) is 0 Å². The molecule has 0 radical (unpaired) electrons. The van der Waals surface area contributed by atoms with Gasteiger partial charge in [0.15, 0.2) is 8.24 Å². The molecule has 0 aliphatic heterocycles. The van der Waals surface area contributed by atoms with E-state index in [9.17, 15) is 0 Å². The van der Waals surface area contributed by atoms with Crippen LogP contribution in [0.15, 0.2) is 12.3 Å². The standard InChI is InChI=1S/C16H33NSi/c1-5-9-15-17(16-13-11-10-12-14-16)18(6-2,7-3)8-4/h9,15-16H,5-8,10-14H2,1-4H3.